The van der Waals surface area contributed by atoms with E-state index in [0.717, 1.165) is 28.9 Å². The maximum atomic E-state index is 12.1. The van der Waals surface area contributed by atoms with Crippen LogP contribution in [0.1, 0.15) is 22.1 Å². The van der Waals surface area contributed by atoms with Gasteiger partial charge in [0.1, 0.15) is 11.5 Å². The molecule has 0 saturated carbocycles. The lowest BCUT2D eigenvalue weighted by molar-refractivity contribution is -0.0498. The Kier molecular flexibility index (Phi) is 3.97. The highest BCUT2D eigenvalue weighted by Crippen LogP contribution is 2.34. The number of hydrogen-bond donors (Lipinski definition) is 0. The van der Waals surface area contributed by atoms with Gasteiger partial charge in [-0.1, -0.05) is 24.3 Å². The first kappa shape index (κ1) is 14.1. The molecule has 1 unspecified atom stereocenters. The van der Waals surface area contributed by atoms with E-state index >= 15 is 0 Å². The van der Waals surface area contributed by atoms with E-state index < -0.39 is 6.61 Å². The average Bonchev–Trinajstić information content (AvgIpc) is 2.94. The molecule has 1 heterocycles. The molecule has 0 N–H and O–H groups in total. The van der Waals surface area contributed by atoms with Gasteiger partial charge in [-0.3, -0.25) is 0 Å². The van der Waals surface area contributed by atoms with Crippen LogP contribution in [0.3, 0.4) is 0 Å². The van der Waals surface area contributed by atoms with Crippen LogP contribution in [0.4, 0.5) is 8.78 Å². The summed E-state index contributed by atoms with van der Waals surface area (Å²) in [6.07, 6.45) is 0.883. The second-order valence-electron chi connectivity index (χ2n) is 4.78. The molecule has 0 bridgehead atoms. The van der Waals surface area contributed by atoms with E-state index in [9.17, 15) is 8.78 Å². The van der Waals surface area contributed by atoms with Gasteiger partial charge in [0, 0.05) is 6.42 Å². The van der Waals surface area contributed by atoms with Crippen LogP contribution in [0.2, 0.25) is 0 Å². The van der Waals surface area contributed by atoms with Crippen LogP contribution >= 0.6 is 11.6 Å². The third-order valence-electron chi connectivity index (χ3n) is 3.40. The summed E-state index contributed by atoms with van der Waals surface area (Å²) in [6, 6.07) is 12.2. The molecule has 1 atom stereocenters. The summed E-state index contributed by atoms with van der Waals surface area (Å²) in [5.41, 5.74) is 2.94. The van der Waals surface area contributed by atoms with Gasteiger partial charge in [-0.25, -0.2) is 0 Å². The number of rotatable bonds is 4. The molecular formula is C16H13ClF2O2. The fraction of sp³-hybridized carbons (Fsp3) is 0.250. The number of alkyl halides is 3. The smallest absolute Gasteiger partial charge is 0.387 e. The highest BCUT2D eigenvalue weighted by molar-refractivity contribution is 6.22. The zero-order valence-electron chi connectivity index (χ0n) is 11.1. The summed E-state index contributed by atoms with van der Waals surface area (Å²) in [5.74, 6) is 1.03. The number of ether oxygens (including phenoxy) is 2. The van der Waals surface area contributed by atoms with Crippen LogP contribution in [-0.4, -0.2) is 13.2 Å². The van der Waals surface area contributed by atoms with Gasteiger partial charge >= 0.3 is 6.61 Å². The summed E-state index contributed by atoms with van der Waals surface area (Å²) in [6.45, 7) is -2.12. The Bertz CT molecular complexity index is 629. The van der Waals surface area contributed by atoms with Gasteiger partial charge in [-0.2, -0.15) is 8.78 Å². The first-order chi connectivity index (χ1) is 10.1. The van der Waals surface area contributed by atoms with Crippen molar-refractivity contribution in [1.82, 2.24) is 0 Å². The Morgan fingerprint density at radius 3 is 2.48 bits per heavy atom. The minimum absolute atomic E-state index is 0.125. The van der Waals surface area contributed by atoms with Crippen LogP contribution < -0.4 is 9.47 Å². The van der Waals surface area contributed by atoms with Crippen molar-refractivity contribution in [2.45, 2.75) is 18.4 Å². The quantitative estimate of drug-likeness (QED) is 0.771. The molecule has 5 heteroatoms. The molecule has 1 aliphatic heterocycles. The zero-order valence-corrected chi connectivity index (χ0v) is 11.8. The maximum Gasteiger partial charge on any atom is 0.387 e. The van der Waals surface area contributed by atoms with Crippen molar-refractivity contribution in [3.63, 3.8) is 0 Å². The van der Waals surface area contributed by atoms with Crippen LogP contribution in [0, 0.1) is 0 Å². The molecule has 2 aromatic carbocycles. The molecular weight excluding hydrogens is 298 g/mol. The van der Waals surface area contributed by atoms with Crippen molar-refractivity contribution in [3.8, 4) is 11.5 Å². The highest BCUT2D eigenvalue weighted by Gasteiger charge is 2.17. The van der Waals surface area contributed by atoms with Gasteiger partial charge in [0.2, 0.25) is 0 Å². The number of halogens is 3. The van der Waals surface area contributed by atoms with E-state index in [1.807, 2.05) is 18.2 Å². The highest BCUT2D eigenvalue weighted by atomic mass is 35.5. The van der Waals surface area contributed by atoms with Gasteiger partial charge < -0.3 is 9.47 Å². The topological polar surface area (TPSA) is 18.5 Å². The predicted octanol–water partition coefficient (Wildman–Crippen LogP) is 4.55. The summed E-state index contributed by atoms with van der Waals surface area (Å²) < 4.78 is 34.0. The van der Waals surface area contributed by atoms with Gasteiger partial charge in [0.15, 0.2) is 0 Å². The number of fused-ring (bicyclic) bond motifs is 1. The molecule has 0 saturated heterocycles. The summed E-state index contributed by atoms with van der Waals surface area (Å²) in [7, 11) is 0. The van der Waals surface area contributed by atoms with Crippen molar-refractivity contribution < 1.29 is 18.3 Å². The van der Waals surface area contributed by atoms with Crippen molar-refractivity contribution in [3.05, 3.63) is 59.2 Å². The van der Waals surface area contributed by atoms with Crippen molar-refractivity contribution in [2.75, 3.05) is 6.61 Å². The van der Waals surface area contributed by atoms with Gasteiger partial charge in [0.25, 0.3) is 0 Å². The normalized spacial score (nSPS) is 14.7. The molecule has 2 aromatic rings. The lowest BCUT2D eigenvalue weighted by Gasteiger charge is -2.12. The van der Waals surface area contributed by atoms with E-state index in [2.05, 4.69) is 4.74 Å². The Labute approximate surface area is 126 Å². The monoisotopic (exact) mass is 310 g/mol. The van der Waals surface area contributed by atoms with Crippen molar-refractivity contribution in [2.24, 2.45) is 0 Å². The first-order valence-corrected chi connectivity index (χ1v) is 7.01. The second kappa shape index (κ2) is 5.90. The number of hydrogen-bond acceptors (Lipinski definition) is 2. The van der Waals surface area contributed by atoms with Crippen LogP contribution in [0.5, 0.6) is 11.5 Å². The molecule has 110 valence electrons. The molecule has 1 aliphatic rings. The minimum atomic E-state index is -2.82. The van der Waals surface area contributed by atoms with Gasteiger partial charge in [-0.15, -0.1) is 11.6 Å². The molecule has 0 aromatic heterocycles. The lowest BCUT2D eigenvalue weighted by atomic mass is 10.0. The molecule has 0 aliphatic carbocycles. The molecule has 0 amide bonds. The van der Waals surface area contributed by atoms with E-state index in [1.165, 1.54) is 12.1 Å². The minimum Gasteiger partial charge on any atom is -0.493 e. The summed E-state index contributed by atoms with van der Waals surface area (Å²) >= 11 is 6.46. The fourth-order valence-corrected chi connectivity index (χ4v) is 2.66. The van der Waals surface area contributed by atoms with Gasteiger partial charge in [0.05, 0.1) is 12.0 Å². The standard InChI is InChI=1S/C16H13ClF2O2/c17-15(10-1-4-13(5-2-10)21-16(18)19)12-3-6-14-11(9-12)7-8-20-14/h1-6,9,15-16H,7-8H2. The molecule has 3 rings (SSSR count). The van der Waals surface area contributed by atoms with E-state index in [4.69, 9.17) is 16.3 Å². The Morgan fingerprint density at radius 2 is 1.76 bits per heavy atom. The van der Waals surface area contributed by atoms with Crippen LogP contribution in [0.15, 0.2) is 42.5 Å². The SMILES string of the molecule is FC(F)Oc1ccc(C(Cl)c2ccc3c(c2)CCO3)cc1. The second-order valence-corrected chi connectivity index (χ2v) is 5.21. The summed E-state index contributed by atoms with van der Waals surface area (Å²) in [4.78, 5) is 0. The van der Waals surface area contributed by atoms with Crippen molar-refractivity contribution >= 4 is 11.6 Å². The third kappa shape index (κ3) is 3.10. The fourth-order valence-electron chi connectivity index (χ4n) is 2.37. The van der Waals surface area contributed by atoms with E-state index in [1.54, 1.807) is 12.1 Å². The maximum absolute atomic E-state index is 12.1. The largest absolute Gasteiger partial charge is 0.493 e. The third-order valence-corrected chi connectivity index (χ3v) is 3.91. The molecule has 0 radical (unpaired) electrons. The van der Waals surface area contributed by atoms with E-state index in [-0.39, 0.29) is 11.1 Å². The van der Waals surface area contributed by atoms with Crippen LogP contribution in [-0.2, 0) is 6.42 Å². The van der Waals surface area contributed by atoms with E-state index in [0.29, 0.717) is 6.61 Å². The van der Waals surface area contributed by atoms with Crippen molar-refractivity contribution in [1.29, 1.82) is 0 Å². The average molecular weight is 311 g/mol. The predicted molar refractivity (Wildman–Crippen MR) is 76.4 cm³/mol. The number of benzene rings is 2. The Morgan fingerprint density at radius 1 is 1.05 bits per heavy atom. The zero-order chi connectivity index (χ0) is 14.8. The molecule has 2 nitrogen and oxygen atoms in total. The molecule has 21 heavy (non-hydrogen) atoms. The molecule has 0 fully saturated rings. The van der Waals surface area contributed by atoms with Gasteiger partial charge in [-0.05, 0) is 34.9 Å². The molecule has 0 spiro atoms. The summed E-state index contributed by atoms with van der Waals surface area (Å²) in [5, 5.41) is -0.337. The Balaban J connectivity index is 1.79. The first-order valence-electron chi connectivity index (χ1n) is 6.58. The lowest BCUT2D eigenvalue weighted by Crippen LogP contribution is -2.02. The van der Waals surface area contributed by atoms with Crippen LogP contribution in [0.25, 0.3) is 0 Å². The Hall–Kier alpha value is -1.81.